The van der Waals surface area contributed by atoms with Gasteiger partial charge in [-0.2, -0.15) is 5.26 Å². The molecule has 4 nitrogen and oxygen atoms in total. The van der Waals surface area contributed by atoms with Gasteiger partial charge in [-0.05, 0) is 13.8 Å². The number of rotatable bonds is 4. The number of aromatic nitrogens is 1. The molecular formula is C13H20N2O2S2. The maximum atomic E-state index is 11.9. The van der Waals surface area contributed by atoms with Gasteiger partial charge in [0, 0.05) is 10.3 Å². The molecule has 0 amide bonds. The van der Waals surface area contributed by atoms with E-state index in [1.165, 1.54) is 11.3 Å². The van der Waals surface area contributed by atoms with Crippen molar-refractivity contribution in [3.8, 4) is 6.07 Å². The fourth-order valence-corrected chi connectivity index (χ4v) is 4.06. The fourth-order valence-electron chi connectivity index (χ4n) is 1.58. The van der Waals surface area contributed by atoms with Gasteiger partial charge in [-0.1, -0.05) is 20.8 Å². The number of thiazole rings is 1. The van der Waals surface area contributed by atoms with Crippen LogP contribution in [0.1, 0.15) is 50.2 Å². The maximum absolute atomic E-state index is 11.9. The first-order chi connectivity index (χ1) is 8.58. The quantitative estimate of drug-likeness (QED) is 0.857. The van der Waals surface area contributed by atoms with Crippen molar-refractivity contribution in [2.45, 2.75) is 57.5 Å². The first-order valence-electron chi connectivity index (χ1n) is 6.15. The highest BCUT2D eigenvalue weighted by molar-refractivity contribution is 7.91. The summed E-state index contributed by atoms with van der Waals surface area (Å²) in [6.07, 6.45) is 0.284. The minimum Gasteiger partial charge on any atom is -0.244 e. The van der Waals surface area contributed by atoms with E-state index in [0.717, 1.165) is 10.6 Å². The summed E-state index contributed by atoms with van der Waals surface area (Å²) in [5, 5.41) is 9.03. The van der Waals surface area contributed by atoms with E-state index in [1.807, 2.05) is 20.8 Å². The fraction of sp³-hybridized carbons (Fsp3) is 0.692. The van der Waals surface area contributed by atoms with Crippen molar-refractivity contribution in [3.05, 3.63) is 15.6 Å². The standard InChI is InChI=1S/C13H20N2O2S2/c1-9(2)19(16,17)8-11-15-12(13(3,4)5)10(18-11)6-7-14/h9H,6,8H2,1-5H3. The zero-order chi connectivity index (χ0) is 14.8. The molecule has 1 aromatic rings. The second-order valence-electron chi connectivity index (χ2n) is 5.82. The topological polar surface area (TPSA) is 70.8 Å². The second-order valence-corrected chi connectivity index (χ2v) is 9.55. The molecule has 0 atom stereocenters. The van der Waals surface area contributed by atoms with Crippen molar-refractivity contribution in [1.29, 1.82) is 5.26 Å². The number of hydrogen-bond acceptors (Lipinski definition) is 5. The van der Waals surface area contributed by atoms with Crippen molar-refractivity contribution < 1.29 is 8.42 Å². The number of sulfone groups is 1. The average Bonchev–Trinajstić information content (AvgIpc) is 2.60. The zero-order valence-electron chi connectivity index (χ0n) is 12.0. The Bertz CT molecular complexity index is 587. The third kappa shape index (κ3) is 4.02. The Kier molecular flexibility index (Phi) is 4.75. The first-order valence-corrected chi connectivity index (χ1v) is 8.68. The van der Waals surface area contributed by atoms with Crippen LogP contribution in [0.3, 0.4) is 0 Å². The Morgan fingerprint density at radius 2 is 1.95 bits per heavy atom. The molecule has 0 unspecified atom stereocenters. The van der Waals surface area contributed by atoms with Gasteiger partial charge in [0.05, 0.1) is 23.4 Å². The first kappa shape index (κ1) is 16.1. The van der Waals surface area contributed by atoms with Gasteiger partial charge in [-0.3, -0.25) is 0 Å². The van der Waals surface area contributed by atoms with Crippen molar-refractivity contribution in [2.75, 3.05) is 0 Å². The van der Waals surface area contributed by atoms with Gasteiger partial charge >= 0.3 is 0 Å². The molecular weight excluding hydrogens is 280 g/mol. The lowest BCUT2D eigenvalue weighted by Crippen LogP contribution is -2.17. The Hall–Kier alpha value is -0.930. The van der Waals surface area contributed by atoms with E-state index in [4.69, 9.17) is 5.26 Å². The molecule has 0 aliphatic carbocycles. The number of nitriles is 1. The van der Waals surface area contributed by atoms with E-state index < -0.39 is 15.1 Å². The highest BCUT2D eigenvalue weighted by atomic mass is 32.2. The van der Waals surface area contributed by atoms with Crippen molar-refractivity contribution in [1.82, 2.24) is 4.98 Å². The van der Waals surface area contributed by atoms with Crippen LogP contribution >= 0.6 is 11.3 Å². The minimum atomic E-state index is -3.15. The molecule has 0 N–H and O–H groups in total. The minimum absolute atomic E-state index is 0.0379. The van der Waals surface area contributed by atoms with Crippen molar-refractivity contribution in [3.63, 3.8) is 0 Å². The van der Waals surface area contributed by atoms with E-state index >= 15 is 0 Å². The van der Waals surface area contributed by atoms with E-state index in [9.17, 15) is 8.42 Å². The summed E-state index contributed by atoms with van der Waals surface area (Å²) in [7, 11) is -3.15. The number of nitrogens with zero attached hydrogens (tertiary/aromatic N) is 2. The molecule has 0 fully saturated rings. The van der Waals surface area contributed by atoms with E-state index in [1.54, 1.807) is 13.8 Å². The van der Waals surface area contributed by atoms with Crippen LogP contribution in [-0.2, 0) is 27.4 Å². The normalized spacial score (nSPS) is 12.7. The number of hydrogen-bond donors (Lipinski definition) is 0. The van der Waals surface area contributed by atoms with Crippen molar-refractivity contribution in [2.24, 2.45) is 0 Å². The highest BCUT2D eigenvalue weighted by Crippen LogP contribution is 2.31. The lowest BCUT2D eigenvalue weighted by molar-refractivity contribution is 0.565. The second kappa shape index (κ2) is 5.59. The molecule has 0 bridgehead atoms. The van der Waals surface area contributed by atoms with Gasteiger partial charge in [0.25, 0.3) is 0 Å². The third-order valence-electron chi connectivity index (χ3n) is 2.73. The largest absolute Gasteiger partial charge is 0.244 e. The molecule has 106 valence electrons. The summed E-state index contributed by atoms with van der Waals surface area (Å²) >= 11 is 1.34. The predicted molar refractivity (Wildman–Crippen MR) is 77.9 cm³/mol. The molecule has 0 aromatic carbocycles. The smallest absolute Gasteiger partial charge is 0.159 e. The SMILES string of the molecule is CC(C)S(=O)(=O)Cc1nc(C(C)(C)C)c(CC#N)s1. The Labute approximate surface area is 119 Å². The predicted octanol–water partition coefficient (Wildman–Crippen LogP) is 2.83. The van der Waals surface area contributed by atoms with Crippen LogP contribution in [0.5, 0.6) is 0 Å². The maximum Gasteiger partial charge on any atom is 0.159 e. The van der Waals surface area contributed by atoms with Crippen LogP contribution in [0.15, 0.2) is 0 Å². The van der Waals surface area contributed by atoms with Gasteiger partial charge in [0.2, 0.25) is 0 Å². The van der Waals surface area contributed by atoms with Crippen LogP contribution in [0.2, 0.25) is 0 Å². The summed E-state index contributed by atoms with van der Waals surface area (Å²) in [5.74, 6) is -0.0379. The zero-order valence-corrected chi connectivity index (χ0v) is 13.7. The van der Waals surface area contributed by atoms with Crippen LogP contribution in [0.4, 0.5) is 0 Å². The van der Waals surface area contributed by atoms with Gasteiger partial charge in [0.1, 0.15) is 10.8 Å². The molecule has 1 aromatic heterocycles. The lowest BCUT2D eigenvalue weighted by atomic mass is 9.91. The molecule has 19 heavy (non-hydrogen) atoms. The Morgan fingerprint density at radius 1 is 1.37 bits per heavy atom. The lowest BCUT2D eigenvalue weighted by Gasteiger charge is -2.16. The molecule has 1 heterocycles. The Balaban J connectivity index is 3.17. The molecule has 0 saturated carbocycles. The summed E-state index contributed by atoms with van der Waals surface area (Å²) in [5.41, 5.74) is 0.663. The molecule has 0 radical (unpaired) electrons. The molecule has 1 rings (SSSR count). The summed E-state index contributed by atoms with van der Waals surface area (Å²) in [6, 6.07) is 2.12. The third-order valence-corrected chi connectivity index (χ3v) is 6.08. The average molecular weight is 300 g/mol. The van der Waals surface area contributed by atoms with Crippen LogP contribution in [0, 0.1) is 11.3 Å². The monoisotopic (exact) mass is 300 g/mol. The van der Waals surface area contributed by atoms with Gasteiger partial charge in [-0.15, -0.1) is 11.3 Å². The van der Waals surface area contributed by atoms with Crippen LogP contribution in [0.25, 0.3) is 0 Å². The van der Waals surface area contributed by atoms with Gasteiger partial charge in [0.15, 0.2) is 9.84 Å². The summed E-state index contributed by atoms with van der Waals surface area (Å²) in [6.45, 7) is 9.39. The van der Waals surface area contributed by atoms with E-state index in [-0.39, 0.29) is 17.6 Å². The summed E-state index contributed by atoms with van der Waals surface area (Å²) in [4.78, 5) is 5.33. The van der Waals surface area contributed by atoms with Gasteiger partial charge in [-0.25, -0.2) is 13.4 Å². The molecule has 0 saturated heterocycles. The summed E-state index contributed by atoms with van der Waals surface area (Å²) < 4.78 is 23.9. The molecule has 0 aliphatic rings. The highest BCUT2D eigenvalue weighted by Gasteiger charge is 2.26. The molecule has 0 spiro atoms. The molecule has 0 aliphatic heterocycles. The van der Waals surface area contributed by atoms with Crippen molar-refractivity contribution >= 4 is 21.2 Å². The van der Waals surface area contributed by atoms with Crippen LogP contribution in [-0.4, -0.2) is 18.7 Å². The van der Waals surface area contributed by atoms with Gasteiger partial charge < -0.3 is 0 Å². The van der Waals surface area contributed by atoms with E-state index in [0.29, 0.717) is 5.01 Å². The van der Waals surface area contributed by atoms with E-state index in [2.05, 4.69) is 11.1 Å². The Morgan fingerprint density at radius 3 is 2.37 bits per heavy atom. The van der Waals surface area contributed by atoms with Crippen LogP contribution < -0.4 is 0 Å². The molecule has 6 heteroatoms.